The lowest BCUT2D eigenvalue weighted by Crippen LogP contribution is -2.47. The number of ether oxygens (including phenoxy) is 2. The van der Waals surface area contributed by atoms with Gasteiger partial charge in [0.15, 0.2) is 5.96 Å². The van der Waals surface area contributed by atoms with Crippen LogP contribution in [0.2, 0.25) is 0 Å². The van der Waals surface area contributed by atoms with E-state index in [1.165, 1.54) is 19.3 Å². The third kappa shape index (κ3) is 8.21. The number of nitrogens with one attached hydrogen (secondary N) is 2. The van der Waals surface area contributed by atoms with E-state index in [-0.39, 0.29) is 24.0 Å². The molecule has 1 saturated carbocycles. The van der Waals surface area contributed by atoms with E-state index in [0.717, 1.165) is 51.7 Å². The minimum atomic E-state index is 0. The molecule has 0 aliphatic heterocycles. The van der Waals surface area contributed by atoms with Crippen molar-refractivity contribution < 1.29 is 9.47 Å². The Morgan fingerprint density at radius 1 is 1.24 bits per heavy atom. The van der Waals surface area contributed by atoms with Crippen molar-refractivity contribution in [2.75, 3.05) is 47.1 Å². The molecule has 5 nitrogen and oxygen atoms in total. The summed E-state index contributed by atoms with van der Waals surface area (Å²) in [6.07, 6.45) is 6.07. The van der Waals surface area contributed by atoms with E-state index < -0.39 is 0 Å². The smallest absolute Gasteiger partial charge is 0.190 e. The molecule has 0 bridgehead atoms. The highest BCUT2D eigenvalue weighted by atomic mass is 127. The van der Waals surface area contributed by atoms with Crippen molar-refractivity contribution in [1.29, 1.82) is 0 Å². The second kappa shape index (κ2) is 12.5. The van der Waals surface area contributed by atoms with Gasteiger partial charge < -0.3 is 20.1 Å². The van der Waals surface area contributed by atoms with Gasteiger partial charge in [-0.1, -0.05) is 6.42 Å². The SMILES string of the molecule is CCOCCCNC(=NC)NCC1(CCOC)CCC1.I. The fourth-order valence-corrected chi connectivity index (χ4v) is 2.53. The third-order valence-electron chi connectivity index (χ3n) is 4.07. The summed E-state index contributed by atoms with van der Waals surface area (Å²) in [4.78, 5) is 4.27. The number of methoxy groups -OCH3 is 1. The van der Waals surface area contributed by atoms with Crippen molar-refractivity contribution >= 4 is 29.9 Å². The van der Waals surface area contributed by atoms with Gasteiger partial charge in [0.25, 0.3) is 0 Å². The number of nitrogens with zero attached hydrogens (tertiary/aromatic N) is 1. The van der Waals surface area contributed by atoms with Crippen molar-refractivity contribution in [3.63, 3.8) is 0 Å². The highest BCUT2D eigenvalue weighted by molar-refractivity contribution is 14.0. The van der Waals surface area contributed by atoms with Crippen LogP contribution in [0.25, 0.3) is 0 Å². The van der Waals surface area contributed by atoms with E-state index >= 15 is 0 Å². The lowest BCUT2D eigenvalue weighted by atomic mass is 9.67. The molecule has 0 aromatic carbocycles. The monoisotopic (exact) mass is 413 g/mol. The third-order valence-corrected chi connectivity index (χ3v) is 4.07. The molecule has 0 heterocycles. The maximum atomic E-state index is 5.32. The number of aliphatic imine (C=N–C) groups is 1. The molecule has 0 unspecified atom stereocenters. The summed E-state index contributed by atoms with van der Waals surface area (Å²) in [6.45, 7) is 6.34. The number of hydrogen-bond acceptors (Lipinski definition) is 3. The van der Waals surface area contributed by atoms with Gasteiger partial charge in [-0.15, -0.1) is 24.0 Å². The van der Waals surface area contributed by atoms with Gasteiger partial charge in [0.05, 0.1) is 0 Å². The van der Waals surface area contributed by atoms with Crippen LogP contribution < -0.4 is 10.6 Å². The molecule has 21 heavy (non-hydrogen) atoms. The van der Waals surface area contributed by atoms with Crippen molar-refractivity contribution in [3.05, 3.63) is 0 Å². The Balaban J connectivity index is 0.00000400. The Morgan fingerprint density at radius 2 is 2.00 bits per heavy atom. The van der Waals surface area contributed by atoms with Crippen molar-refractivity contribution in [2.45, 2.75) is 39.0 Å². The Morgan fingerprint density at radius 3 is 2.52 bits per heavy atom. The summed E-state index contributed by atoms with van der Waals surface area (Å²) in [5.41, 5.74) is 0.416. The minimum absolute atomic E-state index is 0. The first-order valence-electron chi connectivity index (χ1n) is 7.77. The van der Waals surface area contributed by atoms with Gasteiger partial charge in [-0.05, 0) is 38.0 Å². The fraction of sp³-hybridized carbons (Fsp3) is 0.933. The molecule has 0 aromatic rings. The molecule has 6 heteroatoms. The average Bonchev–Trinajstić information content (AvgIpc) is 2.43. The summed E-state index contributed by atoms with van der Waals surface area (Å²) < 4.78 is 10.5. The Kier molecular flexibility index (Phi) is 12.4. The topological polar surface area (TPSA) is 54.9 Å². The summed E-state index contributed by atoms with van der Waals surface area (Å²) in [7, 11) is 3.60. The van der Waals surface area contributed by atoms with E-state index in [2.05, 4.69) is 15.6 Å². The second-order valence-corrected chi connectivity index (χ2v) is 5.50. The number of guanidine groups is 1. The van der Waals surface area contributed by atoms with Gasteiger partial charge in [0.1, 0.15) is 0 Å². The number of hydrogen-bond donors (Lipinski definition) is 2. The van der Waals surface area contributed by atoms with Crippen LogP contribution in [-0.2, 0) is 9.47 Å². The normalized spacial score (nSPS) is 16.8. The van der Waals surface area contributed by atoms with Crippen LogP contribution in [0.4, 0.5) is 0 Å². The van der Waals surface area contributed by atoms with Gasteiger partial charge in [-0.25, -0.2) is 0 Å². The molecule has 0 aromatic heterocycles. The number of halogens is 1. The first kappa shape index (κ1) is 20.9. The van der Waals surface area contributed by atoms with Crippen molar-refractivity contribution in [2.24, 2.45) is 10.4 Å². The quantitative estimate of drug-likeness (QED) is 0.250. The largest absolute Gasteiger partial charge is 0.385 e. The van der Waals surface area contributed by atoms with E-state index in [0.29, 0.717) is 5.41 Å². The summed E-state index contributed by atoms with van der Waals surface area (Å²) in [6, 6.07) is 0. The zero-order chi connectivity index (χ0) is 14.7. The molecule has 0 spiro atoms. The molecule has 0 saturated heterocycles. The Hall–Kier alpha value is -0.0800. The molecule has 126 valence electrons. The van der Waals surface area contributed by atoms with Crippen LogP contribution in [0, 0.1) is 5.41 Å². The van der Waals surface area contributed by atoms with E-state index in [1.54, 1.807) is 7.11 Å². The van der Waals surface area contributed by atoms with E-state index in [9.17, 15) is 0 Å². The molecule has 0 atom stereocenters. The molecule has 1 aliphatic rings. The lowest BCUT2D eigenvalue weighted by molar-refractivity contribution is 0.0732. The predicted octanol–water partition coefficient (Wildman–Crippen LogP) is 2.40. The zero-order valence-electron chi connectivity index (χ0n) is 13.7. The van der Waals surface area contributed by atoms with E-state index in [4.69, 9.17) is 9.47 Å². The van der Waals surface area contributed by atoms with Crippen LogP contribution >= 0.6 is 24.0 Å². The first-order valence-corrected chi connectivity index (χ1v) is 7.77. The van der Waals surface area contributed by atoms with Crippen LogP contribution in [0.1, 0.15) is 39.0 Å². The summed E-state index contributed by atoms with van der Waals surface area (Å²) in [5, 5.41) is 6.79. The maximum Gasteiger partial charge on any atom is 0.190 e. The predicted molar refractivity (Wildman–Crippen MR) is 98.7 cm³/mol. The highest BCUT2D eigenvalue weighted by Crippen LogP contribution is 2.43. The number of rotatable bonds is 10. The fourth-order valence-electron chi connectivity index (χ4n) is 2.53. The van der Waals surface area contributed by atoms with Crippen molar-refractivity contribution in [1.82, 2.24) is 10.6 Å². The summed E-state index contributed by atoms with van der Waals surface area (Å²) >= 11 is 0. The maximum absolute atomic E-state index is 5.32. The molecular formula is C15H32IN3O2. The highest BCUT2D eigenvalue weighted by Gasteiger charge is 2.36. The van der Waals surface area contributed by atoms with Crippen LogP contribution in [0.5, 0.6) is 0 Å². The molecule has 1 aliphatic carbocycles. The van der Waals surface area contributed by atoms with Gasteiger partial charge in [-0.2, -0.15) is 0 Å². The molecule has 1 fully saturated rings. The van der Waals surface area contributed by atoms with Crippen LogP contribution in [0.3, 0.4) is 0 Å². The second-order valence-electron chi connectivity index (χ2n) is 5.50. The Bertz CT molecular complexity index is 284. The molecular weight excluding hydrogens is 381 g/mol. The molecule has 0 radical (unpaired) electrons. The molecule has 0 amide bonds. The minimum Gasteiger partial charge on any atom is -0.385 e. The van der Waals surface area contributed by atoms with Gasteiger partial charge >= 0.3 is 0 Å². The van der Waals surface area contributed by atoms with Crippen molar-refractivity contribution in [3.8, 4) is 0 Å². The first-order chi connectivity index (χ1) is 9.76. The van der Waals surface area contributed by atoms with Gasteiger partial charge in [0, 0.05) is 47.1 Å². The van der Waals surface area contributed by atoms with Gasteiger partial charge in [-0.3, -0.25) is 4.99 Å². The van der Waals surface area contributed by atoms with E-state index in [1.807, 2.05) is 14.0 Å². The zero-order valence-corrected chi connectivity index (χ0v) is 16.1. The molecule has 1 rings (SSSR count). The van der Waals surface area contributed by atoms with Crippen LogP contribution in [-0.4, -0.2) is 53.0 Å². The Labute approximate surface area is 146 Å². The lowest BCUT2D eigenvalue weighted by Gasteiger charge is -2.42. The average molecular weight is 413 g/mol. The standard InChI is InChI=1S/C15H31N3O2.HI/c1-4-20-11-6-10-17-14(16-2)18-13-15(7-5-8-15)9-12-19-3;/h4-13H2,1-3H3,(H2,16,17,18);1H. The van der Waals surface area contributed by atoms with Gasteiger partial charge in [0.2, 0.25) is 0 Å². The summed E-state index contributed by atoms with van der Waals surface area (Å²) in [5.74, 6) is 0.894. The molecule has 2 N–H and O–H groups in total. The van der Waals surface area contributed by atoms with Crippen LogP contribution in [0.15, 0.2) is 4.99 Å².